The highest BCUT2D eigenvalue weighted by molar-refractivity contribution is 9.10. The monoisotopic (exact) mass is 399 g/mol. The van der Waals surface area contributed by atoms with E-state index < -0.39 is 16.7 Å². The summed E-state index contributed by atoms with van der Waals surface area (Å²) in [6.07, 6.45) is 1.48. The molecule has 0 aliphatic heterocycles. The predicted octanol–water partition coefficient (Wildman–Crippen LogP) is 0.816. The maximum atomic E-state index is 12.2. The molecule has 12 heteroatoms. The summed E-state index contributed by atoms with van der Waals surface area (Å²) in [6.45, 7) is 3.62. The summed E-state index contributed by atoms with van der Waals surface area (Å²) < 4.78 is 2.85. The van der Waals surface area contributed by atoms with Crippen molar-refractivity contribution in [2.45, 2.75) is 26.9 Å². The Morgan fingerprint density at radius 2 is 2.12 bits per heavy atom. The van der Waals surface area contributed by atoms with Crippen LogP contribution in [0.5, 0.6) is 0 Å². The Hall–Kier alpha value is -2.76. The van der Waals surface area contributed by atoms with Crippen molar-refractivity contribution in [2.24, 2.45) is 5.73 Å². The van der Waals surface area contributed by atoms with Gasteiger partial charge in [-0.2, -0.15) is 9.78 Å². The second-order valence-corrected chi connectivity index (χ2v) is 5.59. The molecule has 0 unspecified atom stereocenters. The summed E-state index contributed by atoms with van der Waals surface area (Å²) in [6, 6.07) is 0. The molecule has 2 heterocycles. The minimum absolute atomic E-state index is 0.0606. The van der Waals surface area contributed by atoms with Crippen molar-refractivity contribution >= 4 is 39.2 Å². The van der Waals surface area contributed by atoms with Crippen LogP contribution in [0.3, 0.4) is 0 Å². The van der Waals surface area contributed by atoms with E-state index >= 15 is 0 Å². The first-order valence-electron chi connectivity index (χ1n) is 6.79. The Morgan fingerprint density at radius 3 is 2.62 bits per heavy atom. The molecule has 0 aliphatic rings. The number of aromatic nitrogens is 4. The molecular formula is C12H14BrN7O4. The first-order chi connectivity index (χ1) is 11.2. The molecule has 0 aliphatic carbocycles. The van der Waals surface area contributed by atoms with Crippen molar-refractivity contribution < 1.29 is 14.5 Å². The van der Waals surface area contributed by atoms with Crippen molar-refractivity contribution in [1.29, 1.82) is 0 Å². The Kier molecular flexibility index (Phi) is 4.97. The number of amides is 2. The number of hydrogen-bond donors (Lipinski definition) is 2. The fourth-order valence-electron chi connectivity index (χ4n) is 1.96. The number of carbonyl (C=O) groups excluding carboxylic acids is 2. The molecule has 11 nitrogen and oxygen atoms in total. The highest BCUT2D eigenvalue weighted by Gasteiger charge is 2.25. The van der Waals surface area contributed by atoms with Crippen molar-refractivity contribution in [3.63, 3.8) is 0 Å². The number of carbonyl (C=O) groups is 2. The van der Waals surface area contributed by atoms with E-state index in [-0.39, 0.29) is 28.2 Å². The molecular weight excluding hydrogens is 386 g/mol. The molecule has 0 radical (unpaired) electrons. The number of rotatable bonds is 6. The number of primary amides is 1. The Bertz CT molecular complexity index is 826. The van der Waals surface area contributed by atoms with Crippen molar-refractivity contribution in [2.75, 3.05) is 5.32 Å². The zero-order valence-electron chi connectivity index (χ0n) is 12.8. The van der Waals surface area contributed by atoms with Crippen LogP contribution in [0.25, 0.3) is 0 Å². The van der Waals surface area contributed by atoms with E-state index in [9.17, 15) is 19.7 Å². The van der Waals surface area contributed by atoms with Crippen LogP contribution >= 0.6 is 15.9 Å². The number of nitro groups is 1. The Labute approximate surface area is 144 Å². The van der Waals surface area contributed by atoms with E-state index in [0.29, 0.717) is 12.2 Å². The fourth-order valence-corrected chi connectivity index (χ4v) is 2.39. The SMILES string of the molecule is CCn1cc(NC(=O)Cn2nc([N+](=O)[O-])c(Br)c2C)c(C(N)=O)n1. The third kappa shape index (κ3) is 3.42. The van der Waals surface area contributed by atoms with Crippen LogP contribution in [0.15, 0.2) is 10.7 Å². The lowest BCUT2D eigenvalue weighted by atomic mass is 10.3. The summed E-state index contributed by atoms with van der Waals surface area (Å²) in [5.74, 6) is -1.68. The van der Waals surface area contributed by atoms with Gasteiger partial charge in [0, 0.05) is 12.7 Å². The van der Waals surface area contributed by atoms with Crippen LogP contribution in [0.1, 0.15) is 23.1 Å². The molecule has 24 heavy (non-hydrogen) atoms. The smallest absolute Gasteiger partial charge is 0.364 e. The average molecular weight is 400 g/mol. The van der Waals surface area contributed by atoms with E-state index in [1.54, 1.807) is 6.92 Å². The summed E-state index contributed by atoms with van der Waals surface area (Å²) in [4.78, 5) is 33.7. The largest absolute Gasteiger partial charge is 0.404 e. The van der Waals surface area contributed by atoms with E-state index in [1.807, 2.05) is 6.92 Å². The zero-order chi connectivity index (χ0) is 18.0. The highest BCUT2D eigenvalue weighted by Crippen LogP contribution is 2.26. The third-order valence-electron chi connectivity index (χ3n) is 3.18. The van der Waals surface area contributed by atoms with Gasteiger partial charge in [0.25, 0.3) is 5.91 Å². The Balaban J connectivity index is 2.20. The number of anilines is 1. The molecule has 0 aromatic carbocycles. The molecule has 2 aromatic heterocycles. The van der Waals surface area contributed by atoms with Crippen LogP contribution in [-0.2, 0) is 17.9 Å². The first kappa shape index (κ1) is 17.6. The lowest BCUT2D eigenvalue weighted by Gasteiger charge is -2.03. The standard InChI is InChI=1S/C12H14BrN7O4/c1-3-18-4-7(10(16-18)11(14)22)15-8(21)5-19-6(2)9(13)12(17-19)20(23)24/h4H,3,5H2,1-2H3,(H2,14,22)(H,15,21). The Morgan fingerprint density at radius 1 is 1.46 bits per heavy atom. The molecule has 3 N–H and O–H groups in total. The van der Waals surface area contributed by atoms with Gasteiger partial charge in [0.1, 0.15) is 11.0 Å². The average Bonchev–Trinajstić information content (AvgIpc) is 3.03. The number of halogens is 1. The predicted molar refractivity (Wildman–Crippen MR) is 86.4 cm³/mol. The number of nitrogens with one attached hydrogen (secondary N) is 1. The summed E-state index contributed by atoms with van der Waals surface area (Å²) in [7, 11) is 0. The lowest BCUT2D eigenvalue weighted by molar-refractivity contribution is -0.390. The van der Waals surface area contributed by atoms with Gasteiger partial charge >= 0.3 is 5.82 Å². The van der Waals surface area contributed by atoms with Gasteiger partial charge in [-0.1, -0.05) is 0 Å². The van der Waals surface area contributed by atoms with Crippen molar-refractivity contribution in [3.8, 4) is 0 Å². The van der Waals surface area contributed by atoms with Gasteiger partial charge in [0.05, 0.1) is 16.5 Å². The normalized spacial score (nSPS) is 10.6. The molecule has 0 saturated heterocycles. The summed E-state index contributed by atoms with van der Waals surface area (Å²) >= 11 is 3.07. The second-order valence-electron chi connectivity index (χ2n) is 4.80. The maximum absolute atomic E-state index is 12.2. The van der Waals surface area contributed by atoms with Crippen LogP contribution in [0, 0.1) is 17.0 Å². The number of nitrogens with two attached hydrogens (primary N) is 1. The molecule has 2 amide bonds. The molecule has 0 bridgehead atoms. The zero-order valence-corrected chi connectivity index (χ0v) is 14.4. The van der Waals surface area contributed by atoms with Crippen molar-refractivity contribution in [3.05, 3.63) is 32.2 Å². The number of aryl methyl sites for hydroxylation is 1. The van der Waals surface area contributed by atoms with Crippen LogP contribution < -0.4 is 11.1 Å². The lowest BCUT2D eigenvalue weighted by Crippen LogP contribution is -2.22. The number of nitrogens with zero attached hydrogens (tertiary/aromatic N) is 5. The van der Waals surface area contributed by atoms with Gasteiger partial charge in [-0.25, -0.2) is 0 Å². The minimum Gasteiger partial charge on any atom is -0.364 e. The summed E-state index contributed by atoms with van der Waals surface area (Å²) in [5.41, 5.74) is 5.77. The van der Waals surface area contributed by atoms with E-state index in [2.05, 4.69) is 31.4 Å². The van der Waals surface area contributed by atoms with Gasteiger partial charge < -0.3 is 21.2 Å². The minimum atomic E-state index is -0.772. The topological polar surface area (TPSA) is 151 Å². The molecule has 0 fully saturated rings. The molecule has 0 spiro atoms. The van der Waals surface area contributed by atoms with E-state index in [0.717, 1.165) is 0 Å². The molecule has 2 rings (SSSR count). The van der Waals surface area contributed by atoms with E-state index in [1.165, 1.54) is 15.6 Å². The first-order valence-corrected chi connectivity index (χ1v) is 7.58. The van der Waals surface area contributed by atoms with E-state index in [4.69, 9.17) is 5.73 Å². The van der Waals surface area contributed by atoms with Gasteiger partial charge in [0.15, 0.2) is 5.69 Å². The van der Waals surface area contributed by atoms with Crippen molar-refractivity contribution in [1.82, 2.24) is 19.6 Å². The summed E-state index contributed by atoms with van der Waals surface area (Å²) in [5, 5.41) is 21.1. The molecule has 2 aromatic rings. The molecule has 0 saturated carbocycles. The highest BCUT2D eigenvalue weighted by atomic mass is 79.9. The van der Waals surface area contributed by atoms with Crippen LogP contribution in [0.2, 0.25) is 0 Å². The van der Waals surface area contributed by atoms with Gasteiger partial charge in [-0.15, -0.1) is 0 Å². The third-order valence-corrected chi connectivity index (χ3v) is 4.10. The van der Waals surface area contributed by atoms with Crippen LogP contribution in [-0.4, -0.2) is 36.3 Å². The molecule has 0 atom stereocenters. The van der Waals surface area contributed by atoms with Crippen LogP contribution in [0.4, 0.5) is 11.5 Å². The van der Waals surface area contributed by atoms with Gasteiger partial charge in [0.2, 0.25) is 5.91 Å². The van der Waals surface area contributed by atoms with Gasteiger partial charge in [-0.05, 0) is 34.7 Å². The molecule has 128 valence electrons. The number of hydrogen-bond acceptors (Lipinski definition) is 6. The second kappa shape index (κ2) is 6.78. The van der Waals surface area contributed by atoms with Gasteiger partial charge in [-0.3, -0.25) is 14.3 Å². The fraction of sp³-hybridized carbons (Fsp3) is 0.333. The maximum Gasteiger partial charge on any atom is 0.404 e. The quantitative estimate of drug-likeness (QED) is 0.541.